The highest BCUT2D eigenvalue weighted by atomic mass is 16.6. The van der Waals surface area contributed by atoms with Crippen molar-refractivity contribution in [2.75, 3.05) is 48.8 Å². The predicted octanol–water partition coefficient (Wildman–Crippen LogP) is 4.77. The van der Waals surface area contributed by atoms with Crippen LogP contribution in [0.3, 0.4) is 0 Å². The first-order valence-electron chi connectivity index (χ1n) is 15.3. The molecule has 44 heavy (non-hydrogen) atoms. The van der Waals surface area contributed by atoms with Crippen LogP contribution in [0.15, 0.2) is 42.7 Å². The number of benzene rings is 1. The van der Waals surface area contributed by atoms with Gasteiger partial charge in [-0.05, 0) is 58.2 Å². The van der Waals surface area contributed by atoms with Crippen molar-refractivity contribution in [3.05, 3.63) is 48.3 Å². The lowest BCUT2D eigenvalue weighted by molar-refractivity contribution is 0.0321. The number of unbranched alkanes of at least 4 members (excludes halogenated alkanes) is 1. The highest BCUT2D eigenvalue weighted by Crippen LogP contribution is 2.38. The largest absolute Gasteiger partial charge is 0.493 e. The van der Waals surface area contributed by atoms with Crippen molar-refractivity contribution in [1.29, 1.82) is 0 Å². The third-order valence-electron chi connectivity index (χ3n) is 7.67. The molecule has 2 N–H and O–H groups in total. The molecular weight excluding hydrogens is 556 g/mol. The normalized spacial score (nSPS) is 17.6. The zero-order valence-electron chi connectivity index (χ0n) is 26.3. The summed E-state index contributed by atoms with van der Waals surface area (Å²) in [5.41, 5.74) is 9.07. The number of rotatable bonds is 8. The molecule has 0 spiro atoms. The van der Waals surface area contributed by atoms with Crippen LogP contribution >= 0.6 is 0 Å². The molecule has 0 aliphatic carbocycles. The van der Waals surface area contributed by atoms with Gasteiger partial charge >= 0.3 is 6.09 Å². The molecule has 3 aromatic rings. The molecule has 0 radical (unpaired) electrons. The van der Waals surface area contributed by atoms with Gasteiger partial charge in [-0.25, -0.2) is 14.8 Å². The van der Waals surface area contributed by atoms with Crippen LogP contribution in [0.2, 0.25) is 0 Å². The van der Waals surface area contributed by atoms with E-state index in [0.29, 0.717) is 23.9 Å². The molecule has 0 saturated carbocycles. The van der Waals surface area contributed by atoms with E-state index >= 15 is 0 Å². The molecule has 2 bridgehead atoms. The minimum Gasteiger partial charge on any atom is -0.493 e. The standard InChI is InChI=1S/C33H42N8O3/c1-6-7-17-43-29-13-9-8-12-26(29)27-18-28(30(34)38-37-27)40-21-24-14-15-25(22-40)41(24)31-35-19-23(20-36-31)11-10-16-39(5)32(42)44-33(2,3)4/h8-9,12-13,18-20,24-25H,6-7,14-17,21-22H2,1-5H3,(H2,34,38). The van der Waals surface area contributed by atoms with Crippen LogP contribution < -0.4 is 20.3 Å². The highest BCUT2D eigenvalue weighted by molar-refractivity contribution is 5.74. The number of nitrogen functional groups attached to an aromatic ring is 1. The first kappa shape index (κ1) is 30.9. The quantitative estimate of drug-likeness (QED) is 0.287. The van der Waals surface area contributed by atoms with E-state index in [9.17, 15) is 4.79 Å². The zero-order valence-corrected chi connectivity index (χ0v) is 26.3. The molecule has 2 aliphatic rings. The molecule has 2 unspecified atom stereocenters. The second-order valence-electron chi connectivity index (χ2n) is 12.3. The van der Waals surface area contributed by atoms with Gasteiger partial charge in [-0.2, -0.15) is 0 Å². The number of nitrogens with zero attached hydrogens (tertiary/aromatic N) is 7. The highest BCUT2D eigenvalue weighted by Gasteiger charge is 2.42. The van der Waals surface area contributed by atoms with Gasteiger partial charge in [0.2, 0.25) is 5.95 Å². The average Bonchev–Trinajstić information content (AvgIpc) is 3.26. The summed E-state index contributed by atoms with van der Waals surface area (Å²) in [4.78, 5) is 27.5. The third-order valence-corrected chi connectivity index (χ3v) is 7.67. The second kappa shape index (κ2) is 13.4. The number of amides is 1. The zero-order chi connectivity index (χ0) is 31.3. The first-order chi connectivity index (χ1) is 21.1. The summed E-state index contributed by atoms with van der Waals surface area (Å²) >= 11 is 0. The van der Waals surface area contributed by atoms with E-state index in [4.69, 9.17) is 15.2 Å². The number of hydrogen-bond donors (Lipinski definition) is 1. The molecule has 2 aliphatic heterocycles. The molecule has 5 rings (SSSR count). The number of para-hydroxylation sites is 1. The van der Waals surface area contributed by atoms with Crippen molar-refractivity contribution < 1.29 is 14.3 Å². The average molecular weight is 599 g/mol. The molecule has 1 aromatic carbocycles. The van der Waals surface area contributed by atoms with Crippen LogP contribution in [-0.2, 0) is 4.74 Å². The molecule has 232 valence electrons. The van der Waals surface area contributed by atoms with Crippen molar-refractivity contribution in [3.8, 4) is 28.8 Å². The Morgan fingerprint density at radius 3 is 2.50 bits per heavy atom. The number of anilines is 3. The van der Waals surface area contributed by atoms with Gasteiger partial charge in [0.05, 0.1) is 30.1 Å². The summed E-state index contributed by atoms with van der Waals surface area (Å²) in [6.07, 6.45) is 7.23. The molecule has 1 amide bonds. The van der Waals surface area contributed by atoms with Crippen LogP contribution in [0.1, 0.15) is 58.9 Å². The van der Waals surface area contributed by atoms with Gasteiger partial charge < -0.3 is 29.9 Å². The number of fused-ring (bicyclic) bond motifs is 2. The van der Waals surface area contributed by atoms with E-state index in [1.807, 2.05) is 51.1 Å². The number of hydrogen-bond acceptors (Lipinski definition) is 10. The topological polar surface area (TPSA) is 123 Å². The van der Waals surface area contributed by atoms with Crippen LogP contribution in [0.25, 0.3) is 11.3 Å². The Morgan fingerprint density at radius 2 is 1.82 bits per heavy atom. The van der Waals surface area contributed by atoms with Crippen molar-refractivity contribution in [3.63, 3.8) is 0 Å². The van der Waals surface area contributed by atoms with E-state index in [2.05, 4.69) is 48.7 Å². The van der Waals surface area contributed by atoms with E-state index in [1.165, 1.54) is 4.90 Å². The number of carbonyl (C=O) groups excluding carboxylic acids is 1. The minimum atomic E-state index is -0.548. The van der Waals surface area contributed by atoms with E-state index in [1.54, 1.807) is 19.4 Å². The van der Waals surface area contributed by atoms with Gasteiger partial charge in [0, 0.05) is 50.2 Å². The number of ether oxygens (including phenoxy) is 2. The fraction of sp³-hybridized carbons (Fsp3) is 0.485. The van der Waals surface area contributed by atoms with Gasteiger partial charge in [0.15, 0.2) is 5.82 Å². The Labute approximate surface area is 259 Å². The van der Waals surface area contributed by atoms with Crippen molar-refractivity contribution >= 4 is 23.5 Å². The predicted molar refractivity (Wildman–Crippen MR) is 172 cm³/mol. The summed E-state index contributed by atoms with van der Waals surface area (Å²) in [6, 6.07) is 10.5. The van der Waals surface area contributed by atoms with Gasteiger partial charge in [-0.1, -0.05) is 37.3 Å². The summed E-state index contributed by atoms with van der Waals surface area (Å²) in [6.45, 7) is 10.1. The van der Waals surface area contributed by atoms with Gasteiger partial charge in [-0.15, -0.1) is 10.2 Å². The van der Waals surface area contributed by atoms with Crippen LogP contribution in [0, 0.1) is 11.8 Å². The molecule has 2 aromatic heterocycles. The SMILES string of the molecule is CCCCOc1ccccc1-c1cc(N2CC3CCC(C2)N3c2ncc(C#CCN(C)C(=O)OC(C)(C)C)cn2)c(N)nn1. The van der Waals surface area contributed by atoms with Crippen LogP contribution in [0.4, 0.5) is 22.2 Å². The maximum absolute atomic E-state index is 12.1. The van der Waals surface area contributed by atoms with E-state index in [0.717, 1.165) is 61.5 Å². The summed E-state index contributed by atoms with van der Waals surface area (Å²) in [5.74, 6) is 7.97. The van der Waals surface area contributed by atoms with Gasteiger partial charge in [-0.3, -0.25) is 0 Å². The Balaban J connectivity index is 1.25. The number of aromatic nitrogens is 4. The number of piperazine rings is 1. The molecule has 11 heteroatoms. The third kappa shape index (κ3) is 7.30. The smallest absolute Gasteiger partial charge is 0.410 e. The Hall–Kier alpha value is -4.59. The molecule has 2 atom stereocenters. The number of carbonyl (C=O) groups is 1. The maximum atomic E-state index is 12.1. The fourth-order valence-electron chi connectivity index (χ4n) is 5.52. The molecule has 11 nitrogen and oxygen atoms in total. The van der Waals surface area contributed by atoms with Crippen LogP contribution in [-0.4, -0.2) is 82.1 Å². The minimum absolute atomic E-state index is 0.244. The van der Waals surface area contributed by atoms with Gasteiger partial charge in [0.1, 0.15) is 11.4 Å². The lowest BCUT2D eigenvalue weighted by Crippen LogP contribution is -2.54. The molecular formula is C33H42N8O3. The van der Waals surface area contributed by atoms with Gasteiger partial charge in [0.25, 0.3) is 0 Å². The lowest BCUT2D eigenvalue weighted by Gasteiger charge is -2.42. The van der Waals surface area contributed by atoms with E-state index in [-0.39, 0.29) is 18.6 Å². The molecule has 4 heterocycles. The van der Waals surface area contributed by atoms with Crippen LogP contribution in [0.5, 0.6) is 5.75 Å². The van der Waals surface area contributed by atoms with Crippen molar-refractivity contribution in [1.82, 2.24) is 25.1 Å². The van der Waals surface area contributed by atoms with Crippen molar-refractivity contribution in [2.24, 2.45) is 0 Å². The van der Waals surface area contributed by atoms with E-state index < -0.39 is 11.7 Å². The monoisotopic (exact) mass is 598 g/mol. The lowest BCUT2D eigenvalue weighted by atomic mass is 10.1. The summed E-state index contributed by atoms with van der Waals surface area (Å²) < 4.78 is 11.4. The van der Waals surface area contributed by atoms with Crippen molar-refractivity contribution in [2.45, 2.75) is 71.1 Å². The number of nitrogens with two attached hydrogens (primary N) is 1. The summed E-state index contributed by atoms with van der Waals surface area (Å²) in [7, 11) is 1.66. The maximum Gasteiger partial charge on any atom is 0.410 e. The Morgan fingerprint density at radius 1 is 1.11 bits per heavy atom. The Bertz CT molecular complexity index is 1500. The molecule has 2 fully saturated rings. The first-order valence-corrected chi connectivity index (χ1v) is 15.3. The Kier molecular flexibility index (Phi) is 9.37. The second-order valence-corrected chi connectivity index (χ2v) is 12.3. The fourth-order valence-corrected chi connectivity index (χ4v) is 5.52. The molecule has 2 saturated heterocycles. The summed E-state index contributed by atoms with van der Waals surface area (Å²) in [5, 5.41) is 8.76.